The van der Waals surface area contributed by atoms with E-state index in [1.807, 2.05) is 26.8 Å². The Morgan fingerprint density at radius 3 is 2.14 bits per heavy atom. The molecule has 1 fully saturated rings. The van der Waals surface area contributed by atoms with Gasteiger partial charge in [0.1, 0.15) is 13.1 Å². The monoisotopic (exact) mass is 390 g/mol. The van der Waals surface area contributed by atoms with Gasteiger partial charge < -0.3 is 20.4 Å². The molecule has 2 unspecified atom stereocenters. The van der Waals surface area contributed by atoms with E-state index in [1.54, 1.807) is 0 Å². The molecule has 1 heterocycles. The Balaban J connectivity index is 1.62. The van der Waals surface area contributed by atoms with E-state index < -0.39 is 0 Å². The summed E-state index contributed by atoms with van der Waals surface area (Å²) >= 11 is 0. The Labute approximate surface area is 169 Å². The van der Waals surface area contributed by atoms with Crippen LogP contribution in [0.15, 0.2) is 30.3 Å². The number of rotatable bonds is 8. The first-order chi connectivity index (χ1) is 13.3. The molecule has 0 aromatic heterocycles. The molecular weight excluding hydrogens is 352 g/mol. The fraction of sp³-hybridized carbons (Fsp3) is 0.636. The van der Waals surface area contributed by atoms with Gasteiger partial charge in [0.15, 0.2) is 13.1 Å². The number of carbonyl (C=O) groups excluding carboxylic acids is 2. The summed E-state index contributed by atoms with van der Waals surface area (Å²) in [4.78, 5) is 27.0. The predicted molar refractivity (Wildman–Crippen MR) is 111 cm³/mol. The third-order valence-corrected chi connectivity index (χ3v) is 5.04. The summed E-state index contributed by atoms with van der Waals surface area (Å²) in [5, 5.41) is 6.10. The first-order valence-electron chi connectivity index (χ1n) is 10.6. The van der Waals surface area contributed by atoms with Crippen molar-refractivity contribution in [3.05, 3.63) is 35.9 Å². The lowest BCUT2D eigenvalue weighted by Gasteiger charge is -2.22. The van der Waals surface area contributed by atoms with Crippen LogP contribution >= 0.6 is 0 Å². The predicted octanol–water partition coefficient (Wildman–Crippen LogP) is -1.18. The van der Waals surface area contributed by atoms with Gasteiger partial charge in [0.25, 0.3) is 11.8 Å². The number of aryl methyl sites for hydroxylation is 1. The largest absolute Gasteiger partial charge is 0.351 e. The molecule has 156 valence electrons. The fourth-order valence-corrected chi connectivity index (χ4v) is 3.69. The maximum absolute atomic E-state index is 12.2. The molecule has 1 aromatic carbocycles. The quantitative estimate of drug-likeness (QED) is 0.423. The van der Waals surface area contributed by atoms with Crippen LogP contribution in [0.5, 0.6) is 0 Å². The SMILES string of the molecule is CC(C)(C)NC(=O)C[NH+]1CCC[NH+](CC(=O)NCCCc2ccccc2)CC1. The van der Waals surface area contributed by atoms with E-state index in [0.29, 0.717) is 13.1 Å². The molecule has 2 atom stereocenters. The molecule has 1 aliphatic rings. The summed E-state index contributed by atoms with van der Waals surface area (Å²) in [6, 6.07) is 10.4. The minimum absolute atomic E-state index is 0.113. The van der Waals surface area contributed by atoms with E-state index in [4.69, 9.17) is 0 Å². The van der Waals surface area contributed by atoms with Crippen molar-refractivity contribution in [3.63, 3.8) is 0 Å². The number of hydrogen-bond donors (Lipinski definition) is 4. The number of hydrogen-bond acceptors (Lipinski definition) is 2. The van der Waals surface area contributed by atoms with Gasteiger partial charge in [-0.05, 0) is 39.2 Å². The van der Waals surface area contributed by atoms with Crippen LogP contribution in [0.4, 0.5) is 0 Å². The van der Waals surface area contributed by atoms with Gasteiger partial charge in [-0.25, -0.2) is 0 Å². The van der Waals surface area contributed by atoms with Crippen molar-refractivity contribution in [2.75, 3.05) is 45.8 Å². The van der Waals surface area contributed by atoms with Crippen molar-refractivity contribution < 1.29 is 19.4 Å². The van der Waals surface area contributed by atoms with Crippen LogP contribution in [0.1, 0.15) is 39.2 Å². The Morgan fingerprint density at radius 1 is 0.929 bits per heavy atom. The number of nitrogens with one attached hydrogen (secondary N) is 4. The number of quaternary nitrogens is 2. The summed E-state index contributed by atoms with van der Waals surface area (Å²) in [5.41, 5.74) is 1.13. The molecule has 1 saturated heterocycles. The van der Waals surface area contributed by atoms with Crippen LogP contribution in [0.25, 0.3) is 0 Å². The topological polar surface area (TPSA) is 67.1 Å². The maximum atomic E-state index is 12.2. The molecular formula is C22H38N4O2+2. The second-order valence-corrected chi connectivity index (χ2v) is 8.94. The molecule has 6 nitrogen and oxygen atoms in total. The van der Waals surface area contributed by atoms with Gasteiger partial charge in [-0.3, -0.25) is 9.59 Å². The van der Waals surface area contributed by atoms with Crippen molar-refractivity contribution >= 4 is 11.8 Å². The smallest absolute Gasteiger partial charge is 0.275 e. The van der Waals surface area contributed by atoms with Gasteiger partial charge in [0.2, 0.25) is 0 Å². The van der Waals surface area contributed by atoms with Crippen molar-refractivity contribution in [2.24, 2.45) is 0 Å². The van der Waals surface area contributed by atoms with Gasteiger partial charge in [0, 0.05) is 18.5 Å². The molecule has 0 radical (unpaired) electrons. The summed E-state index contributed by atoms with van der Waals surface area (Å²) in [6.07, 6.45) is 3.01. The Morgan fingerprint density at radius 2 is 1.54 bits per heavy atom. The molecule has 0 spiro atoms. The van der Waals surface area contributed by atoms with E-state index in [2.05, 4.69) is 34.9 Å². The average molecular weight is 391 g/mol. The van der Waals surface area contributed by atoms with Crippen molar-refractivity contribution in [1.82, 2.24) is 10.6 Å². The molecule has 0 saturated carbocycles. The summed E-state index contributed by atoms with van der Waals surface area (Å²) < 4.78 is 0. The van der Waals surface area contributed by atoms with Crippen molar-refractivity contribution in [3.8, 4) is 0 Å². The molecule has 6 heteroatoms. The number of amides is 2. The van der Waals surface area contributed by atoms with E-state index >= 15 is 0 Å². The van der Waals surface area contributed by atoms with E-state index in [9.17, 15) is 9.59 Å². The summed E-state index contributed by atoms with van der Waals surface area (Å²) in [7, 11) is 0. The lowest BCUT2D eigenvalue weighted by atomic mass is 10.1. The maximum Gasteiger partial charge on any atom is 0.275 e. The Bertz CT molecular complexity index is 613. The zero-order valence-corrected chi connectivity index (χ0v) is 17.8. The van der Waals surface area contributed by atoms with E-state index in [-0.39, 0.29) is 17.4 Å². The van der Waals surface area contributed by atoms with Crippen LogP contribution in [-0.2, 0) is 16.0 Å². The second-order valence-electron chi connectivity index (χ2n) is 8.94. The average Bonchev–Trinajstić information content (AvgIpc) is 2.83. The number of carbonyl (C=O) groups is 2. The lowest BCUT2D eigenvalue weighted by molar-refractivity contribution is -0.930. The second kappa shape index (κ2) is 11.2. The van der Waals surface area contributed by atoms with Crippen LogP contribution in [0.2, 0.25) is 0 Å². The highest BCUT2D eigenvalue weighted by Gasteiger charge is 2.25. The zero-order valence-electron chi connectivity index (χ0n) is 17.8. The van der Waals surface area contributed by atoms with Gasteiger partial charge >= 0.3 is 0 Å². The highest BCUT2D eigenvalue weighted by molar-refractivity contribution is 5.77. The van der Waals surface area contributed by atoms with E-state index in [0.717, 1.165) is 52.0 Å². The highest BCUT2D eigenvalue weighted by atomic mass is 16.2. The van der Waals surface area contributed by atoms with Crippen molar-refractivity contribution in [2.45, 2.75) is 45.6 Å². The first kappa shape index (κ1) is 22.4. The molecule has 2 amide bonds. The summed E-state index contributed by atoms with van der Waals surface area (Å²) in [5.74, 6) is 0.249. The van der Waals surface area contributed by atoms with Gasteiger partial charge in [-0.1, -0.05) is 30.3 Å². The molecule has 2 rings (SSSR count). The molecule has 1 aliphatic heterocycles. The minimum atomic E-state index is -0.182. The molecule has 28 heavy (non-hydrogen) atoms. The Kier molecular flexibility index (Phi) is 8.93. The lowest BCUT2D eigenvalue weighted by Crippen LogP contribution is -3.18. The standard InChI is InChI=1S/C22H36N4O2/c1-22(2,3)24-21(28)18-26-14-8-13-25(15-16-26)17-20(27)23-12-7-11-19-9-5-4-6-10-19/h4-6,9-10H,7-8,11-18H2,1-3H3,(H,23,27)(H,24,28)/p+2. The Hall–Kier alpha value is -1.92. The zero-order chi connectivity index (χ0) is 20.4. The van der Waals surface area contributed by atoms with Crippen LogP contribution in [-0.4, -0.2) is 63.2 Å². The van der Waals surface area contributed by atoms with Crippen LogP contribution < -0.4 is 20.4 Å². The van der Waals surface area contributed by atoms with Crippen molar-refractivity contribution in [1.29, 1.82) is 0 Å². The summed E-state index contributed by atoms with van der Waals surface area (Å²) in [6.45, 7) is 11.7. The fourth-order valence-electron chi connectivity index (χ4n) is 3.69. The van der Waals surface area contributed by atoms with Crippen LogP contribution in [0, 0.1) is 0 Å². The molecule has 0 aliphatic carbocycles. The minimum Gasteiger partial charge on any atom is -0.351 e. The van der Waals surface area contributed by atoms with Gasteiger partial charge in [-0.2, -0.15) is 0 Å². The highest BCUT2D eigenvalue weighted by Crippen LogP contribution is 2.01. The van der Waals surface area contributed by atoms with Gasteiger partial charge in [-0.15, -0.1) is 0 Å². The molecule has 4 N–H and O–H groups in total. The third-order valence-electron chi connectivity index (χ3n) is 5.04. The number of benzene rings is 1. The van der Waals surface area contributed by atoms with E-state index in [1.165, 1.54) is 15.4 Å². The molecule has 0 bridgehead atoms. The molecule has 1 aromatic rings. The van der Waals surface area contributed by atoms with Gasteiger partial charge in [0.05, 0.1) is 13.1 Å². The van der Waals surface area contributed by atoms with Crippen LogP contribution in [0.3, 0.4) is 0 Å². The third kappa shape index (κ3) is 9.33. The normalized spacial score (nSPS) is 20.2. The first-order valence-corrected chi connectivity index (χ1v) is 10.6.